The van der Waals surface area contributed by atoms with Gasteiger partial charge in [-0.05, 0) is 24.1 Å². The van der Waals surface area contributed by atoms with Crippen molar-refractivity contribution in [3.05, 3.63) is 58.4 Å². The Hall–Kier alpha value is -1.74. The van der Waals surface area contributed by atoms with Crippen molar-refractivity contribution in [3.63, 3.8) is 0 Å². The molecule has 0 amide bonds. The molecule has 0 saturated carbocycles. The lowest BCUT2D eigenvalue weighted by molar-refractivity contribution is 0.209. The molecule has 2 nitrogen and oxygen atoms in total. The van der Waals surface area contributed by atoms with Gasteiger partial charge >= 0.3 is 0 Å². The van der Waals surface area contributed by atoms with Crippen LogP contribution in [0.25, 0.3) is 0 Å². The molecule has 1 aliphatic rings. The maximum Gasteiger partial charge on any atom is 0.146 e. The topological polar surface area (TPSA) is 21.3 Å². The third-order valence-electron chi connectivity index (χ3n) is 3.30. The number of nitrogens with one attached hydrogen (secondary N) is 1. The summed E-state index contributed by atoms with van der Waals surface area (Å²) in [5.74, 6) is 0.0362. The number of anilines is 1. The van der Waals surface area contributed by atoms with Crippen LogP contribution >= 0.6 is 11.6 Å². The molecule has 1 unspecified atom stereocenters. The van der Waals surface area contributed by atoms with Gasteiger partial charge in [-0.3, -0.25) is 0 Å². The molecule has 98 valence electrons. The molecule has 0 spiro atoms. The Bertz CT molecular complexity index is 630. The summed E-state index contributed by atoms with van der Waals surface area (Å²) in [5, 5.41) is 3.33. The maximum atomic E-state index is 13.5. The van der Waals surface area contributed by atoms with Gasteiger partial charge in [-0.15, -0.1) is 0 Å². The molecule has 0 aromatic heterocycles. The van der Waals surface area contributed by atoms with Gasteiger partial charge in [0.15, 0.2) is 0 Å². The van der Waals surface area contributed by atoms with Crippen LogP contribution in [0.3, 0.4) is 0 Å². The van der Waals surface area contributed by atoms with Crippen molar-refractivity contribution >= 4 is 17.3 Å². The monoisotopic (exact) mass is 277 g/mol. The number of fused-ring (bicyclic) bond motifs is 1. The normalized spacial score (nSPS) is 17.3. The molecule has 0 bridgehead atoms. The molecule has 0 saturated heterocycles. The van der Waals surface area contributed by atoms with E-state index < -0.39 is 5.82 Å². The molecule has 0 aliphatic carbocycles. The lowest BCUT2D eigenvalue weighted by Gasteiger charge is -2.28. The van der Waals surface area contributed by atoms with Crippen LogP contribution in [0.5, 0.6) is 5.75 Å². The first-order valence-corrected chi connectivity index (χ1v) is 6.48. The van der Waals surface area contributed by atoms with E-state index in [9.17, 15) is 4.39 Å². The molecule has 2 aromatic rings. The Morgan fingerprint density at radius 1 is 1.32 bits per heavy atom. The fourth-order valence-corrected chi connectivity index (χ4v) is 2.45. The minimum Gasteiger partial charge on any atom is -0.482 e. The molecule has 0 fully saturated rings. The van der Waals surface area contributed by atoms with E-state index in [2.05, 4.69) is 5.32 Å². The number of hydrogen-bond donors (Lipinski definition) is 1. The van der Waals surface area contributed by atoms with E-state index in [0.717, 1.165) is 16.8 Å². The summed E-state index contributed by atoms with van der Waals surface area (Å²) in [7, 11) is 0. The predicted octanol–water partition coefficient (Wildman–Crippen LogP) is 4.33. The van der Waals surface area contributed by atoms with Crippen LogP contribution in [0.2, 0.25) is 5.02 Å². The largest absolute Gasteiger partial charge is 0.482 e. The average molecular weight is 278 g/mol. The first-order valence-electron chi connectivity index (χ1n) is 6.10. The Morgan fingerprint density at radius 3 is 2.89 bits per heavy atom. The van der Waals surface area contributed by atoms with Crippen LogP contribution in [0, 0.1) is 12.7 Å². The summed E-state index contributed by atoms with van der Waals surface area (Å²) in [6.07, 6.45) is -0.116. The van der Waals surface area contributed by atoms with E-state index in [1.54, 1.807) is 6.07 Å². The minimum atomic E-state index is -0.465. The molecule has 19 heavy (non-hydrogen) atoms. The fourth-order valence-electron chi connectivity index (χ4n) is 2.28. The van der Waals surface area contributed by atoms with Crippen LogP contribution in [0.1, 0.15) is 17.2 Å². The van der Waals surface area contributed by atoms with E-state index in [1.165, 1.54) is 6.07 Å². The van der Waals surface area contributed by atoms with Crippen LogP contribution in [-0.4, -0.2) is 6.54 Å². The molecule has 1 heterocycles. The van der Waals surface area contributed by atoms with Gasteiger partial charge < -0.3 is 10.1 Å². The smallest absolute Gasteiger partial charge is 0.146 e. The van der Waals surface area contributed by atoms with Gasteiger partial charge in [0.05, 0.1) is 17.3 Å². The van der Waals surface area contributed by atoms with Crippen LogP contribution in [0.4, 0.5) is 10.1 Å². The first kappa shape index (κ1) is 12.3. The fraction of sp³-hybridized carbons (Fsp3) is 0.200. The lowest BCUT2D eigenvalue weighted by Crippen LogP contribution is -2.24. The highest BCUT2D eigenvalue weighted by molar-refractivity contribution is 6.31. The van der Waals surface area contributed by atoms with E-state index in [-0.39, 0.29) is 11.1 Å². The summed E-state index contributed by atoms with van der Waals surface area (Å²) in [4.78, 5) is 0. The highest BCUT2D eigenvalue weighted by Crippen LogP contribution is 2.37. The summed E-state index contributed by atoms with van der Waals surface area (Å²) < 4.78 is 19.3. The Balaban J connectivity index is 1.94. The van der Waals surface area contributed by atoms with E-state index in [0.29, 0.717) is 12.3 Å². The zero-order valence-corrected chi connectivity index (χ0v) is 11.2. The number of aryl methyl sites for hydroxylation is 1. The third kappa shape index (κ3) is 2.26. The Labute approximate surface area is 116 Å². The van der Waals surface area contributed by atoms with Gasteiger partial charge in [-0.2, -0.15) is 0 Å². The molecule has 1 atom stereocenters. The quantitative estimate of drug-likeness (QED) is 0.837. The second-order valence-electron chi connectivity index (χ2n) is 4.61. The molecule has 4 heteroatoms. The third-order valence-corrected chi connectivity index (χ3v) is 3.59. The number of rotatable bonds is 1. The van der Waals surface area contributed by atoms with Crippen molar-refractivity contribution in [2.24, 2.45) is 0 Å². The number of halogens is 2. The van der Waals surface area contributed by atoms with Crippen molar-refractivity contribution in [2.75, 3.05) is 11.9 Å². The van der Waals surface area contributed by atoms with Gasteiger partial charge in [0.25, 0.3) is 0 Å². The maximum absolute atomic E-state index is 13.5. The van der Waals surface area contributed by atoms with Crippen molar-refractivity contribution in [2.45, 2.75) is 13.0 Å². The van der Waals surface area contributed by atoms with Gasteiger partial charge in [0, 0.05) is 6.07 Å². The predicted molar refractivity (Wildman–Crippen MR) is 74.4 cm³/mol. The molecule has 3 rings (SSSR count). The number of ether oxygens (including phenoxy) is 1. The van der Waals surface area contributed by atoms with Gasteiger partial charge in [0.1, 0.15) is 17.7 Å². The van der Waals surface area contributed by atoms with Gasteiger partial charge in [0.2, 0.25) is 0 Å². The highest BCUT2D eigenvalue weighted by Gasteiger charge is 2.23. The molecule has 0 radical (unpaired) electrons. The number of benzene rings is 2. The van der Waals surface area contributed by atoms with Crippen LogP contribution in [-0.2, 0) is 0 Å². The molecular weight excluding hydrogens is 265 g/mol. The van der Waals surface area contributed by atoms with E-state index in [4.69, 9.17) is 16.3 Å². The summed E-state index contributed by atoms with van der Waals surface area (Å²) in [5.41, 5.74) is 3.00. The van der Waals surface area contributed by atoms with Crippen molar-refractivity contribution in [1.29, 1.82) is 0 Å². The zero-order valence-electron chi connectivity index (χ0n) is 10.4. The molecule has 2 aromatic carbocycles. The summed E-state index contributed by atoms with van der Waals surface area (Å²) in [6, 6.07) is 10.9. The van der Waals surface area contributed by atoms with Crippen LogP contribution in [0.15, 0.2) is 36.4 Å². The first-order chi connectivity index (χ1) is 9.15. The van der Waals surface area contributed by atoms with Gasteiger partial charge in [-0.1, -0.05) is 35.9 Å². The van der Waals surface area contributed by atoms with E-state index >= 15 is 0 Å². The SMILES string of the molecule is Cc1ccccc1C1CNc2cc(Cl)c(F)cc2O1. The minimum absolute atomic E-state index is 0.101. The molecule has 1 N–H and O–H groups in total. The van der Waals surface area contributed by atoms with Crippen molar-refractivity contribution in [1.82, 2.24) is 0 Å². The molecular formula is C15H13ClFNO. The molecule has 1 aliphatic heterocycles. The van der Waals surface area contributed by atoms with E-state index in [1.807, 2.05) is 31.2 Å². The lowest BCUT2D eigenvalue weighted by atomic mass is 10.0. The Morgan fingerprint density at radius 2 is 2.11 bits per heavy atom. The number of hydrogen-bond acceptors (Lipinski definition) is 2. The average Bonchev–Trinajstić information content (AvgIpc) is 2.40. The van der Waals surface area contributed by atoms with Gasteiger partial charge in [-0.25, -0.2) is 4.39 Å². The summed E-state index contributed by atoms with van der Waals surface area (Å²) >= 11 is 5.75. The van der Waals surface area contributed by atoms with Crippen molar-refractivity contribution in [3.8, 4) is 5.75 Å². The summed E-state index contributed by atoms with van der Waals surface area (Å²) in [6.45, 7) is 2.68. The second kappa shape index (κ2) is 4.74. The Kier molecular flexibility index (Phi) is 3.07. The standard InChI is InChI=1S/C15H13ClFNO/c1-9-4-2-3-5-10(9)15-8-18-13-6-11(16)12(17)7-14(13)19-15/h2-7,15,18H,8H2,1H3. The zero-order chi connectivity index (χ0) is 13.4. The second-order valence-corrected chi connectivity index (χ2v) is 5.01. The highest BCUT2D eigenvalue weighted by atomic mass is 35.5. The van der Waals surface area contributed by atoms with Crippen LogP contribution < -0.4 is 10.1 Å². The van der Waals surface area contributed by atoms with Crippen molar-refractivity contribution < 1.29 is 9.13 Å².